The summed E-state index contributed by atoms with van der Waals surface area (Å²) in [5.41, 5.74) is 1.12. The second kappa shape index (κ2) is 16.4. The van der Waals surface area contributed by atoms with Crippen LogP contribution in [0.1, 0.15) is 51.4 Å². The number of rotatable bonds is 15. The molecule has 2 aromatic carbocycles. The number of sulfonamides is 2. The van der Waals surface area contributed by atoms with Crippen LogP contribution in [-0.2, 0) is 39.1 Å². The zero-order chi connectivity index (χ0) is 31.4. The van der Waals surface area contributed by atoms with Gasteiger partial charge in [0.1, 0.15) is 0 Å². The number of morpholine rings is 2. The minimum Gasteiger partial charge on any atom is -0.379 e. The van der Waals surface area contributed by atoms with E-state index in [0.717, 1.165) is 38.5 Å². The number of carbonyl (C=O) groups is 2. The maximum absolute atomic E-state index is 12.7. The van der Waals surface area contributed by atoms with E-state index in [-0.39, 0.29) is 21.6 Å². The third-order valence-electron chi connectivity index (χ3n) is 7.55. The van der Waals surface area contributed by atoms with Crippen molar-refractivity contribution in [1.29, 1.82) is 0 Å². The first-order valence-electron chi connectivity index (χ1n) is 15.1. The van der Waals surface area contributed by atoms with Gasteiger partial charge in [0, 0.05) is 50.4 Å². The van der Waals surface area contributed by atoms with Crippen molar-refractivity contribution in [2.75, 3.05) is 63.2 Å². The van der Waals surface area contributed by atoms with Gasteiger partial charge in [-0.05, 0) is 61.4 Å². The normalized spacial score (nSPS) is 16.8. The predicted molar refractivity (Wildman–Crippen MR) is 166 cm³/mol. The summed E-state index contributed by atoms with van der Waals surface area (Å²) in [7, 11) is -7.13. The Morgan fingerprint density at radius 1 is 0.545 bits per heavy atom. The van der Waals surface area contributed by atoms with Gasteiger partial charge in [-0.1, -0.05) is 25.7 Å². The van der Waals surface area contributed by atoms with Crippen LogP contribution in [0.25, 0.3) is 0 Å². The van der Waals surface area contributed by atoms with Gasteiger partial charge in [-0.15, -0.1) is 0 Å². The van der Waals surface area contributed by atoms with Crippen molar-refractivity contribution in [3.8, 4) is 0 Å². The van der Waals surface area contributed by atoms with Crippen LogP contribution in [0, 0.1) is 0 Å². The van der Waals surface area contributed by atoms with Gasteiger partial charge in [-0.2, -0.15) is 8.61 Å². The van der Waals surface area contributed by atoms with Crippen molar-refractivity contribution in [3.63, 3.8) is 0 Å². The van der Waals surface area contributed by atoms with Gasteiger partial charge in [-0.25, -0.2) is 16.8 Å². The Kier molecular flexibility index (Phi) is 12.7. The third-order valence-corrected chi connectivity index (χ3v) is 11.4. The quantitative estimate of drug-likeness (QED) is 0.278. The first-order chi connectivity index (χ1) is 21.2. The van der Waals surface area contributed by atoms with Crippen molar-refractivity contribution in [1.82, 2.24) is 8.61 Å². The lowest BCUT2D eigenvalue weighted by Crippen LogP contribution is -2.40. The number of hydrogen-bond acceptors (Lipinski definition) is 8. The molecule has 0 aliphatic carbocycles. The molecule has 0 spiro atoms. The molecule has 0 radical (unpaired) electrons. The smallest absolute Gasteiger partial charge is 0.243 e. The molecule has 2 aliphatic rings. The van der Waals surface area contributed by atoms with Crippen LogP contribution in [0.15, 0.2) is 58.3 Å². The van der Waals surface area contributed by atoms with Gasteiger partial charge >= 0.3 is 0 Å². The molecule has 2 aromatic rings. The van der Waals surface area contributed by atoms with E-state index in [1.807, 2.05) is 0 Å². The highest BCUT2D eigenvalue weighted by Gasteiger charge is 2.27. The molecule has 242 valence electrons. The van der Waals surface area contributed by atoms with Gasteiger partial charge < -0.3 is 20.1 Å². The maximum Gasteiger partial charge on any atom is 0.243 e. The molecule has 2 amide bonds. The van der Waals surface area contributed by atoms with Crippen LogP contribution in [0.4, 0.5) is 11.4 Å². The SMILES string of the molecule is O=C(CCCCCCCCC(=O)Nc1ccc(S(=O)(=O)N2CCOCC2)cc1)Nc1ccc(S(=O)(=O)N2CCOCC2)cc1. The van der Waals surface area contributed by atoms with E-state index in [1.165, 1.54) is 32.9 Å². The van der Waals surface area contributed by atoms with Crippen LogP contribution in [0.5, 0.6) is 0 Å². The predicted octanol–water partition coefficient (Wildman–Crippen LogP) is 3.43. The highest BCUT2D eigenvalue weighted by molar-refractivity contribution is 7.89. The van der Waals surface area contributed by atoms with E-state index in [9.17, 15) is 26.4 Å². The highest BCUT2D eigenvalue weighted by atomic mass is 32.2. The Bertz CT molecular complexity index is 1330. The number of unbranched alkanes of at least 4 members (excludes halogenated alkanes) is 5. The summed E-state index contributed by atoms with van der Waals surface area (Å²) in [5, 5.41) is 5.64. The number of hydrogen-bond donors (Lipinski definition) is 2. The van der Waals surface area contributed by atoms with Crippen molar-refractivity contribution in [3.05, 3.63) is 48.5 Å². The zero-order valence-electron chi connectivity index (χ0n) is 24.9. The molecule has 2 N–H and O–H groups in total. The molecule has 0 aromatic heterocycles. The van der Waals surface area contributed by atoms with Gasteiger partial charge in [0.25, 0.3) is 0 Å². The van der Waals surface area contributed by atoms with Gasteiger partial charge in [0.15, 0.2) is 0 Å². The van der Waals surface area contributed by atoms with E-state index in [2.05, 4.69) is 10.6 Å². The molecule has 2 saturated heterocycles. The average Bonchev–Trinajstić information content (AvgIpc) is 3.03. The second-order valence-corrected chi connectivity index (χ2v) is 14.7. The molecule has 2 aliphatic heterocycles. The fourth-order valence-electron chi connectivity index (χ4n) is 5.02. The third kappa shape index (κ3) is 9.81. The molecule has 12 nitrogen and oxygen atoms in total. The lowest BCUT2D eigenvalue weighted by atomic mass is 10.1. The fourth-order valence-corrected chi connectivity index (χ4v) is 7.83. The number of anilines is 2. The van der Waals surface area contributed by atoms with Crippen molar-refractivity contribution in [2.24, 2.45) is 0 Å². The summed E-state index contributed by atoms with van der Waals surface area (Å²) in [5.74, 6) is -0.227. The molecule has 4 rings (SSSR count). The molecule has 0 unspecified atom stereocenters. The zero-order valence-corrected chi connectivity index (χ0v) is 26.5. The summed E-state index contributed by atoms with van der Waals surface area (Å²) < 4.78 is 64.1. The van der Waals surface area contributed by atoms with E-state index < -0.39 is 20.0 Å². The summed E-state index contributed by atoms with van der Waals surface area (Å²) in [6, 6.07) is 12.5. The van der Waals surface area contributed by atoms with Gasteiger partial charge in [0.2, 0.25) is 31.9 Å². The standard InChI is InChI=1S/C30H42N4O8S2/c35-29(31-25-9-13-27(14-10-25)43(37,38)33-17-21-41-22-18-33)7-5-3-1-2-4-6-8-30(36)32-26-11-15-28(16-12-26)44(39,40)34-19-23-42-24-20-34/h9-16H,1-8,17-24H2,(H,31,35)(H,32,36). The van der Waals surface area contributed by atoms with E-state index in [4.69, 9.17) is 9.47 Å². The lowest BCUT2D eigenvalue weighted by Gasteiger charge is -2.26. The Hall–Kier alpha value is -2.88. The van der Waals surface area contributed by atoms with Crippen LogP contribution in [0.2, 0.25) is 0 Å². The second-order valence-electron chi connectivity index (χ2n) is 10.8. The number of amides is 2. The maximum atomic E-state index is 12.7. The Labute approximate surface area is 260 Å². The van der Waals surface area contributed by atoms with Crippen LogP contribution in [-0.4, -0.2) is 89.9 Å². The lowest BCUT2D eigenvalue weighted by molar-refractivity contribution is -0.117. The Morgan fingerprint density at radius 3 is 1.20 bits per heavy atom. The molecule has 0 saturated carbocycles. The molecule has 14 heteroatoms. The molecule has 0 bridgehead atoms. The molecule has 44 heavy (non-hydrogen) atoms. The van der Waals surface area contributed by atoms with E-state index in [1.54, 1.807) is 24.3 Å². The van der Waals surface area contributed by atoms with Crippen molar-refractivity contribution < 1.29 is 35.9 Å². The Balaban J connectivity index is 1.05. The average molecular weight is 651 g/mol. The minimum atomic E-state index is -3.57. The Morgan fingerprint density at radius 2 is 0.864 bits per heavy atom. The number of carbonyl (C=O) groups excluding carboxylic acids is 2. The molecular weight excluding hydrogens is 608 g/mol. The summed E-state index contributed by atoms with van der Waals surface area (Å²) >= 11 is 0. The molecule has 0 atom stereocenters. The number of benzene rings is 2. The first-order valence-corrected chi connectivity index (χ1v) is 18.0. The highest BCUT2D eigenvalue weighted by Crippen LogP contribution is 2.21. The number of nitrogens with one attached hydrogen (secondary N) is 2. The topological polar surface area (TPSA) is 151 Å². The van der Waals surface area contributed by atoms with Gasteiger partial charge in [-0.3, -0.25) is 9.59 Å². The monoisotopic (exact) mass is 650 g/mol. The number of nitrogens with zero attached hydrogens (tertiary/aromatic N) is 2. The largest absolute Gasteiger partial charge is 0.379 e. The fraction of sp³-hybridized carbons (Fsp3) is 0.533. The molecule has 2 heterocycles. The molecule has 2 fully saturated rings. The van der Waals surface area contributed by atoms with E-state index >= 15 is 0 Å². The van der Waals surface area contributed by atoms with E-state index in [0.29, 0.717) is 76.8 Å². The first kappa shape index (κ1) is 34.0. The van der Waals surface area contributed by atoms with Crippen molar-refractivity contribution >= 4 is 43.2 Å². The van der Waals surface area contributed by atoms with Crippen molar-refractivity contribution in [2.45, 2.75) is 61.2 Å². The van der Waals surface area contributed by atoms with Crippen LogP contribution in [0.3, 0.4) is 0 Å². The molecular formula is C30H42N4O8S2. The van der Waals surface area contributed by atoms with Crippen LogP contribution >= 0.6 is 0 Å². The number of ether oxygens (including phenoxy) is 2. The van der Waals surface area contributed by atoms with Crippen LogP contribution < -0.4 is 10.6 Å². The minimum absolute atomic E-state index is 0.114. The summed E-state index contributed by atoms with van der Waals surface area (Å²) in [4.78, 5) is 25.0. The summed E-state index contributed by atoms with van der Waals surface area (Å²) in [6.45, 7) is 2.87. The van der Waals surface area contributed by atoms with Gasteiger partial charge in [0.05, 0.1) is 36.2 Å². The summed E-state index contributed by atoms with van der Waals surface area (Å²) in [6.07, 6.45) is 5.96.